The van der Waals surface area contributed by atoms with Crippen molar-refractivity contribution in [3.05, 3.63) is 24.3 Å². The lowest BCUT2D eigenvalue weighted by Gasteiger charge is -2.16. The van der Waals surface area contributed by atoms with E-state index in [1.54, 1.807) is 18.2 Å². The number of ether oxygens (including phenoxy) is 2. The van der Waals surface area contributed by atoms with Gasteiger partial charge in [-0.15, -0.1) is 0 Å². The van der Waals surface area contributed by atoms with E-state index in [9.17, 15) is 14.4 Å². The second-order valence-corrected chi connectivity index (χ2v) is 3.40. The van der Waals surface area contributed by atoms with E-state index in [1.807, 2.05) is 0 Å². The molecule has 0 saturated heterocycles. The number of esters is 2. The maximum Gasteiger partial charge on any atom is 0.325 e. The standard InChI is InChI=1S/C12H13NO5/c1-9(15)18-11-5-3-4-10(6-11)13(8-14)7-12(16)17-2/h3-6,8H,7H2,1-2H3. The molecule has 0 fully saturated rings. The Morgan fingerprint density at radius 3 is 2.67 bits per heavy atom. The molecule has 6 nitrogen and oxygen atoms in total. The zero-order valence-corrected chi connectivity index (χ0v) is 10.1. The van der Waals surface area contributed by atoms with Gasteiger partial charge in [0.05, 0.1) is 7.11 Å². The zero-order valence-electron chi connectivity index (χ0n) is 10.1. The largest absolute Gasteiger partial charge is 0.468 e. The number of nitrogens with zero attached hydrogens (tertiary/aromatic N) is 1. The maximum absolute atomic E-state index is 11.1. The molecule has 0 aromatic heterocycles. The van der Waals surface area contributed by atoms with Crippen molar-refractivity contribution >= 4 is 24.0 Å². The van der Waals surface area contributed by atoms with Crippen molar-refractivity contribution in [2.75, 3.05) is 18.6 Å². The fourth-order valence-electron chi connectivity index (χ4n) is 1.28. The van der Waals surface area contributed by atoms with Gasteiger partial charge in [-0.05, 0) is 12.1 Å². The van der Waals surface area contributed by atoms with E-state index >= 15 is 0 Å². The van der Waals surface area contributed by atoms with Gasteiger partial charge in [-0.2, -0.15) is 0 Å². The molecule has 0 heterocycles. The third-order valence-corrected chi connectivity index (χ3v) is 2.07. The highest BCUT2D eigenvalue weighted by Crippen LogP contribution is 2.20. The number of methoxy groups -OCH3 is 1. The molecule has 0 atom stereocenters. The molecular weight excluding hydrogens is 238 g/mol. The summed E-state index contributed by atoms with van der Waals surface area (Å²) in [5.41, 5.74) is 0.439. The maximum atomic E-state index is 11.1. The second kappa shape index (κ2) is 6.39. The van der Waals surface area contributed by atoms with Crippen LogP contribution in [0.5, 0.6) is 5.75 Å². The molecular formula is C12H13NO5. The molecule has 0 aliphatic heterocycles. The molecule has 6 heteroatoms. The highest BCUT2D eigenvalue weighted by Gasteiger charge is 2.12. The van der Waals surface area contributed by atoms with Crippen LogP contribution in [0, 0.1) is 0 Å². The highest BCUT2D eigenvalue weighted by atomic mass is 16.5. The summed E-state index contributed by atoms with van der Waals surface area (Å²) in [7, 11) is 1.24. The van der Waals surface area contributed by atoms with E-state index < -0.39 is 11.9 Å². The van der Waals surface area contributed by atoms with Crippen LogP contribution in [0.2, 0.25) is 0 Å². The summed E-state index contributed by atoms with van der Waals surface area (Å²) >= 11 is 0. The third-order valence-electron chi connectivity index (χ3n) is 2.07. The lowest BCUT2D eigenvalue weighted by Crippen LogP contribution is -2.29. The summed E-state index contributed by atoms with van der Waals surface area (Å²) in [6, 6.07) is 6.29. The zero-order chi connectivity index (χ0) is 13.5. The Labute approximate surface area is 104 Å². The highest BCUT2D eigenvalue weighted by molar-refractivity contribution is 5.86. The molecule has 96 valence electrons. The number of carbonyl (C=O) groups is 3. The monoisotopic (exact) mass is 251 g/mol. The van der Waals surface area contributed by atoms with Gasteiger partial charge < -0.3 is 14.4 Å². The Hall–Kier alpha value is -2.37. The van der Waals surface area contributed by atoms with Crippen molar-refractivity contribution in [3.63, 3.8) is 0 Å². The average Bonchev–Trinajstić information content (AvgIpc) is 2.35. The van der Waals surface area contributed by atoms with Gasteiger partial charge in [0.15, 0.2) is 0 Å². The minimum absolute atomic E-state index is 0.205. The van der Waals surface area contributed by atoms with Gasteiger partial charge in [0, 0.05) is 18.7 Å². The van der Waals surface area contributed by atoms with Gasteiger partial charge in [0.2, 0.25) is 6.41 Å². The molecule has 0 aliphatic carbocycles. The molecule has 0 aliphatic rings. The molecule has 0 bridgehead atoms. The van der Waals surface area contributed by atoms with Gasteiger partial charge in [-0.3, -0.25) is 14.4 Å². The van der Waals surface area contributed by atoms with Gasteiger partial charge in [0.25, 0.3) is 0 Å². The van der Waals surface area contributed by atoms with Crippen LogP contribution in [0.1, 0.15) is 6.92 Å². The van der Waals surface area contributed by atoms with E-state index in [-0.39, 0.29) is 6.54 Å². The molecule has 0 saturated carbocycles. The summed E-state index contributed by atoms with van der Waals surface area (Å²) < 4.78 is 9.36. The molecule has 1 aromatic rings. The van der Waals surface area contributed by atoms with Gasteiger partial charge in [-0.1, -0.05) is 6.07 Å². The first-order valence-electron chi connectivity index (χ1n) is 5.14. The Balaban J connectivity index is 2.88. The number of carbonyl (C=O) groups excluding carboxylic acids is 3. The van der Waals surface area contributed by atoms with Crippen molar-refractivity contribution in [1.29, 1.82) is 0 Å². The molecule has 0 radical (unpaired) electrons. The topological polar surface area (TPSA) is 72.9 Å². The normalized spacial score (nSPS) is 9.44. The third kappa shape index (κ3) is 3.89. The van der Waals surface area contributed by atoms with Crippen LogP contribution in [-0.2, 0) is 19.1 Å². The minimum Gasteiger partial charge on any atom is -0.468 e. The van der Waals surface area contributed by atoms with Gasteiger partial charge in [-0.25, -0.2) is 0 Å². The summed E-state index contributed by atoms with van der Waals surface area (Å²) in [4.78, 5) is 34.0. The van der Waals surface area contributed by atoms with Crippen LogP contribution in [-0.4, -0.2) is 32.0 Å². The van der Waals surface area contributed by atoms with E-state index in [4.69, 9.17) is 4.74 Å². The smallest absolute Gasteiger partial charge is 0.325 e. The first kappa shape index (κ1) is 13.7. The van der Waals surface area contributed by atoms with Crippen LogP contribution in [0.3, 0.4) is 0 Å². The van der Waals surface area contributed by atoms with Crippen LogP contribution in [0.15, 0.2) is 24.3 Å². The van der Waals surface area contributed by atoms with E-state index in [2.05, 4.69) is 4.74 Å². The molecule has 0 N–H and O–H groups in total. The quantitative estimate of drug-likeness (QED) is 0.438. The number of hydrogen-bond donors (Lipinski definition) is 0. The van der Waals surface area contributed by atoms with Crippen LogP contribution >= 0.6 is 0 Å². The lowest BCUT2D eigenvalue weighted by atomic mass is 10.3. The first-order chi connectivity index (χ1) is 8.56. The van der Waals surface area contributed by atoms with Crippen molar-refractivity contribution in [2.45, 2.75) is 6.92 Å². The summed E-state index contributed by atoms with van der Waals surface area (Å²) in [5, 5.41) is 0. The Morgan fingerprint density at radius 2 is 2.11 bits per heavy atom. The Bertz CT molecular complexity index is 458. The fraction of sp³-hybridized carbons (Fsp3) is 0.250. The number of anilines is 1. The lowest BCUT2D eigenvalue weighted by molar-refractivity contribution is -0.139. The fourth-order valence-corrected chi connectivity index (χ4v) is 1.28. The summed E-state index contributed by atoms with van der Waals surface area (Å²) in [6.07, 6.45) is 0.504. The van der Waals surface area contributed by atoms with Crippen LogP contribution < -0.4 is 9.64 Å². The first-order valence-corrected chi connectivity index (χ1v) is 5.14. The number of rotatable bonds is 5. The van der Waals surface area contributed by atoms with E-state index in [0.29, 0.717) is 17.8 Å². The molecule has 1 amide bonds. The second-order valence-electron chi connectivity index (χ2n) is 3.40. The molecule has 0 unspecified atom stereocenters. The molecule has 1 aromatic carbocycles. The van der Waals surface area contributed by atoms with Crippen LogP contribution in [0.4, 0.5) is 5.69 Å². The minimum atomic E-state index is -0.542. The molecule has 18 heavy (non-hydrogen) atoms. The van der Waals surface area contributed by atoms with E-state index in [0.717, 1.165) is 4.90 Å². The molecule has 0 spiro atoms. The Morgan fingerprint density at radius 1 is 1.39 bits per heavy atom. The van der Waals surface area contributed by atoms with Gasteiger partial charge >= 0.3 is 11.9 Å². The number of hydrogen-bond acceptors (Lipinski definition) is 5. The molecule has 1 rings (SSSR count). The number of amides is 1. The van der Waals surface area contributed by atoms with Crippen molar-refractivity contribution in [3.8, 4) is 5.75 Å². The summed E-state index contributed by atoms with van der Waals surface area (Å²) in [6.45, 7) is 1.07. The average molecular weight is 251 g/mol. The van der Waals surface area contributed by atoms with Crippen molar-refractivity contribution < 1.29 is 23.9 Å². The number of benzene rings is 1. The van der Waals surface area contributed by atoms with Gasteiger partial charge in [0.1, 0.15) is 12.3 Å². The summed E-state index contributed by atoms with van der Waals surface area (Å²) in [5.74, 6) is -0.700. The predicted molar refractivity (Wildman–Crippen MR) is 63.2 cm³/mol. The van der Waals surface area contributed by atoms with Crippen LogP contribution in [0.25, 0.3) is 0 Å². The SMILES string of the molecule is COC(=O)CN(C=O)c1cccc(OC(C)=O)c1. The van der Waals surface area contributed by atoms with Crippen molar-refractivity contribution in [1.82, 2.24) is 0 Å². The van der Waals surface area contributed by atoms with Crippen molar-refractivity contribution in [2.24, 2.45) is 0 Å². The predicted octanol–water partition coefficient (Wildman–Crippen LogP) is 0.748. The van der Waals surface area contributed by atoms with E-state index in [1.165, 1.54) is 20.1 Å². The Kier molecular flexibility index (Phi) is 4.86.